The van der Waals surface area contributed by atoms with Crippen molar-refractivity contribution in [3.63, 3.8) is 0 Å². The standard InChI is InChI=1S/C60H109NO7/c1-6-8-10-12-14-16-18-20-22-24-26-28-29-31-33-35-37-39-41-43-45-47-49-51-59(63)68-56(54-66-53-52-57(60(64)65)61(3,4)5)55-67-58(62)50-48-46-44-42-40-38-36-34-32-30-27-25-23-21-19-17-15-13-11-9-7-2/h8,10,14,16,20,22,30,32,56-57H,6-7,9,11-13,15,17-19,21,23-29,31,33-55H2,1-5H3/p+1/b10-8+,16-14+,22-20+,32-30+. The molecule has 1 N–H and O–H groups in total. The van der Waals surface area contributed by atoms with Gasteiger partial charge in [0.15, 0.2) is 12.1 Å². The van der Waals surface area contributed by atoms with Crippen LogP contribution in [-0.2, 0) is 28.6 Å². The van der Waals surface area contributed by atoms with Crippen LogP contribution in [-0.4, -0.2) is 80.6 Å². The molecule has 0 bridgehead atoms. The molecule has 0 saturated heterocycles. The van der Waals surface area contributed by atoms with E-state index in [9.17, 15) is 19.5 Å². The van der Waals surface area contributed by atoms with Gasteiger partial charge in [-0.25, -0.2) is 4.79 Å². The Morgan fingerprint density at radius 3 is 1.24 bits per heavy atom. The first-order valence-electron chi connectivity index (χ1n) is 28.7. The number of carbonyl (C=O) groups is 3. The van der Waals surface area contributed by atoms with E-state index in [1.165, 1.54) is 173 Å². The van der Waals surface area contributed by atoms with Crippen molar-refractivity contribution >= 4 is 17.9 Å². The number of aliphatic carboxylic acids is 1. The summed E-state index contributed by atoms with van der Waals surface area (Å²) in [5.41, 5.74) is 0. The molecule has 2 atom stereocenters. The summed E-state index contributed by atoms with van der Waals surface area (Å²) in [5, 5.41) is 9.68. The minimum Gasteiger partial charge on any atom is -0.477 e. The largest absolute Gasteiger partial charge is 0.477 e. The molecular formula is C60H110NO7+. The number of rotatable bonds is 52. The maximum absolute atomic E-state index is 12.8. The summed E-state index contributed by atoms with van der Waals surface area (Å²) in [6, 6.07) is -0.616. The van der Waals surface area contributed by atoms with Crippen molar-refractivity contribution in [3.8, 4) is 0 Å². The number of nitrogens with zero attached hydrogens (tertiary/aromatic N) is 1. The molecule has 0 aliphatic rings. The average molecular weight is 958 g/mol. The van der Waals surface area contributed by atoms with Gasteiger partial charge in [-0.15, -0.1) is 0 Å². The Hall–Kier alpha value is -2.71. The Bertz CT molecular complexity index is 1250. The molecule has 0 heterocycles. The first-order valence-corrected chi connectivity index (χ1v) is 28.7. The number of unbranched alkanes of at least 4 members (excludes halogenated alkanes) is 30. The van der Waals surface area contributed by atoms with Gasteiger partial charge in [-0.05, 0) is 70.6 Å². The van der Waals surface area contributed by atoms with Crippen molar-refractivity contribution < 1.29 is 38.2 Å². The van der Waals surface area contributed by atoms with Crippen molar-refractivity contribution in [3.05, 3.63) is 48.6 Å². The predicted molar refractivity (Wildman–Crippen MR) is 289 cm³/mol. The lowest BCUT2D eigenvalue weighted by Crippen LogP contribution is -2.50. The third-order valence-electron chi connectivity index (χ3n) is 13.0. The molecule has 2 unspecified atom stereocenters. The molecule has 0 aromatic heterocycles. The average Bonchev–Trinajstić information content (AvgIpc) is 3.30. The number of hydrogen-bond donors (Lipinski definition) is 1. The van der Waals surface area contributed by atoms with Crippen molar-refractivity contribution in [2.45, 2.75) is 276 Å². The summed E-state index contributed by atoms with van der Waals surface area (Å²) in [6.07, 6.45) is 63.2. The van der Waals surface area contributed by atoms with E-state index in [0.29, 0.717) is 19.3 Å². The number of hydrogen-bond acceptors (Lipinski definition) is 6. The minimum atomic E-state index is -0.873. The van der Waals surface area contributed by atoms with Crippen molar-refractivity contribution in [2.24, 2.45) is 0 Å². The van der Waals surface area contributed by atoms with Gasteiger partial charge in [0.1, 0.15) is 6.61 Å². The number of carbonyl (C=O) groups excluding carboxylic acids is 2. The summed E-state index contributed by atoms with van der Waals surface area (Å²) >= 11 is 0. The number of carboxylic acids is 1. The normalized spacial score (nSPS) is 13.1. The zero-order chi connectivity index (χ0) is 49.9. The molecule has 0 saturated carbocycles. The molecule has 8 nitrogen and oxygen atoms in total. The first-order chi connectivity index (χ1) is 33.1. The fourth-order valence-corrected chi connectivity index (χ4v) is 8.57. The highest BCUT2D eigenvalue weighted by atomic mass is 16.6. The van der Waals surface area contributed by atoms with Crippen LogP contribution in [0.25, 0.3) is 0 Å². The smallest absolute Gasteiger partial charge is 0.362 e. The molecule has 8 heteroatoms. The topological polar surface area (TPSA) is 99.1 Å². The van der Waals surface area contributed by atoms with Gasteiger partial charge < -0.3 is 23.8 Å². The van der Waals surface area contributed by atoms with Crippen molar-refractivity contribution in [1.82, 2.24) is 0 Å². The van der Waals surface area contributed by atoms with Gasteiger partial charge in [0.05, 0.1) is 34.4 Å². The van der Waals surface area contributed by atoms with Crippen molar-refractivity contribution in [2.75, 3.05) is 41.0 Å². The molecule has 0 aliphatic carbocycles. The Balaban J connectivity index is 4.16. The minimum absolute atomic E-state index is 0.0519. The summed E-state index contributed by atoms with van der Waals surface area (Å²) in [4.78, 5) is 37.3. The fourth-order valence-electron chi connectivity index (χ4n) is 8.57. The van der Waals surface area contributed by atoms with Gasteiger partial charge >= 0.3 is 17.9 Å². The molecule has 0 fully saturated rings. The number of carboxylic acid groups (broad SMARTS) is 1. The second kappa shape index (κ2) is 50.7. The quantitative estimate of drug-likeness (QED) is 0.0281. The van der Waals surface area contributed by atoms with Gasteiger partial charge in [-0.1, -0.05) is 223 Å². The highest BCUT2D eigenvalue weighted by Crippen LogP contribution is 2.16. The van der Waals surface area contributed by atoms with Crippen LogP contribution in [0.5, 0.6) is 0 Å². The Labute approximate surface area is 420 Å². The van der Waals surface area contributed by atoms with E-state index in [-0.39, 0.29) is 36.2 Å². The third-order valence-corrected chi connectivity index (χ3v) is 13.0. The van der Waals surface area contributed by atoms with E-state index in [0.717, 1.165) is 57.8 Å². The number of likely N-dealkylation sites (N-methyl/N-ethyl adjacent to an activating group) is 1. The highest BCUT2D eigenvalue weighted by molar-refractivity contribution is 5.72. The van der Waals surface area contributed by atoms with E-state index in [1.807, 2.05) is 21.1 Å². The maximum atomic E-state index is 12.8. The van der Waals surface area contributed by atoms with E-state index >= 15 is 0 Å². The highest BCUT2D eigenvalue weighted by Gasteiger charge is 2.31. The van der Waals surface area contributed by atoms with Crippen LogP contribution in [0.3, 0.4) is 0 Å². The number of ether oxygens (including phenoxy) is 3. The molecule has 0 rings (SSSR count). The van der Waals surface area contributed by atoms with Crippen LogP contribution in [0.15, 0.2) is 48.6 Å². The molecule has 0 aromatic carbocycles. The van der Waals surface area contributed by atoms with Gasteiger partial charge in [0.2, 0.25) is 0 Å². The maximum Gasteiger partial charge on any atom is 0.362 e. The lowest BCUT2D eigenvalue weighted by molar-refractivity contribution is -0.887. The molecule has 0 aromatic rings. The lowest BCUT2D eigenvalue weighted by Gasteiger charge is -2.31. The number of quaternary nitrogens is 1. The van der Waals surface area contributed by atoms with E-state index in [4.69, 9.17) is 14.2 Å². The first kappa shape index (κ1) is 65.3. The van der Waals surface area contributed by atoms with Gasteiger partial charge in [-0.3, -0.25) is 9.59 Å². The van der Waals surface area contributed by atoms with E-state index in [2.05, 4.69) is 62.5 Å². The van der Waals surface area contributed by atoms with Crippen LogP contribution in [0.4, 0.5) is 0 Å². The number of allylic oxidation sites excluding steroid dienone is 8. The second-order valence-corrected chi connectivity index (χ2v) is 20.5. The fraction of sp³-hybridized carbons (Fsp3) is 0.817. The SMILES string of the molecule is CC/C=C/C/C=C/C/C=C/CCCCCCCCCCCCCCCC(=O)OC(COCCC(C(=O)O)[N+](C)(C)C)COC(=O)CCCCCCCCC/C=C/CCCCCCCCCCCC. The molecule has 0 spiro atoms. The monoisotopic (exact) mass is 957 g/mol. The zero-order valence-electron chi connectivity index (χ0n) is 45.3. The molecule has 68 heavy (non-hydrogen) atoms. The van der Waals surface area contributed by atoms with Crippen molar-refractivity contribution in [1.29, 1.82) is 0 Å². The predicted octanol–water partition coefficient (Wildman–Crippen LogP) is 17.1. The zero-order valence-corrected chi connectivity index (χ0v) is 45.3. The lowest BCUT2D eigenvalue weighted by atomic mass is 10.0. The van der Waals surface area contributed by atoms with Gasteiger partial charge in [0, 0.05) is 19.3 Å². The molecule has 396 valence electrons. The summed E-state index contributed by atoms with van der Waals surface area (Å²) in [5.74, 6) is -1.46. The van der Waals surface area contributed by atoms with Crippen LogP contribution < -0.4 is 0 Å². The summed E-state index contributed by atoms with van der Waals surface area (Å²) in [7, 11) is 5.55. The number of esters is 2. The summed E-state index contributed by atoms with van der Waals surface area (Å²) in [6.45, 7) is 4.66. The van der Waals surface area contributed by atoms with Crippen LogP contribution >= 0.6 is 0 Å². The molecule has 0 amide bonds. The Morgan fingerprint density at radius 1 is 0.456 bits per heavy atom. The van der Waals surface area contributed by atoms with Gasteiger partial charge in [-0.2, -0.15) is 0 Å². The molecule has 0 radical (unpaired) electrons. The van der Waals surface area contributed by atoms with Crippen LogP contribution in [0.2, 0.25) is 0 Å². The second-order valence-electron chi connectivity index (χ2n) is 20.5. The van der Waals surface area contributed by atoms with E-state index < -0.39 is 18.1 Å². The van der Waals surface area contributed by atoms with Gasteiger partial charge in [0.25, 0.3) is 0 Å². The Morgan fingerprint density at radius 2 is 0.824 bits per heavy atom. The molecular weight excluding hydrogens is 847 g/mol. The third kappa shape index (κ3) is 48.3. The molecule has 0 aliphatic heterocycles. The Kier molecular flexibility index (Phi) is 48.7. The summed E-state index contributed by atoms with van der Waals surface area (Å²) < 4.78 is 17.4. The van der Waals surface area contributed by atoms with Crippen LogP contribution in [0.1, 0.15) is 264 Å². The van der Waals surface area contributed by atoms with E-state index in [1.54, 1.807) is 0 Å². The van der Waals surface area contributed by atoms with Crippen LogP contribution in [0, 0.1) is 0 Å².